The lowest BCUT2D eigenvalue weighted by Gasteiger charge is -2.37. The van der Waals surface area contributed by atoms with Gasteiger partial charge in [0, 0.05) is 30.6 Å². The number of thioether (sulfide) groups is 1. The minimum absolute atomic E-state index is 0.925. The minimum Gasteiger partial charge on any atom is -0.301 e. The molecule has 1 heterocycles. The molecule has 2 heteroatoms. The van der Waals surface area contributed by atoms with Crippen molar-refractivity contribution >= 4 is 11.8 Å². The summed E-state index contributed by atoms with van der Waals surface area (Å²) in [4.78, 5) is 2.70. The lowest BCUT2D eigenvalue weighted by Crippen LogP contribution is -2.41. The molecule has 0 radical (unpaired) electrons. The summed E-state index contributed by atoms with van der Waals surface area (Å²) < 4.78 is 0. The summed E-state index contributed by atoms with van der Waals surface area (Å²) >= 11 is 2.18. The van der Waals surface area contributed by atoms with Gasteiger partial charge in [-0.05, 0) is 25.2 Å². The molecule has 2 aliphatic rings. The van der Waals surface area contributed by atoms with Crippen LogP contribution in [0.2, 0.25) is 0 Å². The number of nitrogens with zero attached hydrogens (tertiary/aromatic N) is 1. The summed E-state index contributed by atoms with van der Waals surface area (Å²) in [6, 6.07) is 0. The van der Waals surface area contributed by atoms with Crippen molar-refractivity contribution in [3.8, 4) is 0 Å². The lowest BCUT2D eigenvalue weighted by molar-refractivity contribution is 0.181. The van der Waals surface area contributed by atoms with E-state index in [1.807, 2.05) is 0 Å². The number of hydrogen-bond donors (Lipinski definition) is 0. The molecule has 1 aliphatic heterocycles. The molecule has 13 heavy (non-hydrogen) atoms. The molecule has 0 aromatic heterocycles. The Morgan fingerprint density at radius 1 is 1.38 bits per heavy atom. The molecular formula is C11H21NS. The van der Waals surface area contributed by atoms with E-state index in [0.29, 0.717) is 0 Å². The average molecular weight is 199 g/mol. The van der Waals surface area contributed by atoms with Crippen molar-refractivity contribution in [2.24, 2.45) is 5.92 Å². The van der Waals surface area contributed by atoms with Gasteiger partial charge in [-0.3, -0.25) is 0 Å². The van der Waals surface area contributed by atoms with Crippen LogP contribution in [0.4, 0.5) is 0 Å². The first kappa shape index (κ1) is 9.85. The molecule has 1 saturated carbocycles. The molecule has 0 spiro atoms. The Kier molecular flexibility index (Phi) is 3.56. The maximum atomic E-state index is 2.70. The SMILES string of the molecule is CCC1CN(CC2CCC2)CCS1. The molecule has 0 aromatic carbocycles. The number of rotatable bonds is 3. The van der Waals surface area contributed by atoms with Gasteiger partial charge in [-0.2, -0.15) is 11.8 Å². The maximum Gasteiger partial charge on any atom is 0.0172 e. The molecule has 1 nitrogen and oxygen atoms in total. The van der Waals surface area contributed by atoms with E-state index in [1.165, 1.54) is 51.1 Å². The molecule has 76 valence electrons. The summed E-state index contributed by atoms with van der Waals surface area (Å²) in [5, 5.41) is 0.925. The van der Waals surface area contributed by atoms with E-state index >= 15 is 0 Å². The Balaban J connectivity index is 1.71. The molecule has 0 N–H and O–H groups in total. The monoisotopic (exact) mass is 199 g/mol. The Labute approximate surface area is 86.3 Å². The van der Waals surface area contributed by atoms with Crippen molar-refractivity contribution in [3.05, 3.63) is 0 Å². The van der Waals surface area contributed by atoms with Crippen LogP contribution < -0.4 is 0 Å². The van der Waals surface area contributed by atoms with E-state index in [0.717, 1.165) is 11.2 Å². The highest BCUT2D eigenvalue weighted by molar-refractivity contribution is 8.00. The van der Waals surface area contributed by atoms with Gasteiger partial charge in [0.2, 0.25) is 0 Å². The fraction of sp³-hybridized carbons (Fsp3) is 1.00. The molecule has 1 atom stereocenters. The zero-order valence-corrected chi connectivity index (χ0v) is 9.48. The summed E-state index contributed by atoms with van der Waals surface area (Å²) in [7, 11) is 0. The van der Waals surface area contributed by atoms with Crippen molar-refractivity contribution < 1.29 is 0 Å². The maximum absolute atomic E-state index is 2.70. The van der Waals surface area contributed by atoms with Crippen LogP contribution in [0.3, 0.4) is 0 Å². The Bertz CT molecular complexity index is 154. The molecule has 1 unspecified atom stereocenters. The van der Waals surface area contributed by atoms with Gasteiger partial charge in [0.15, 0.2) is 0 Å². The van der Waals surface area contributed by atoms with Crippen LogP contribution >= 0.6 is 11.8 Å². The predicted molar refractivity (Wildman–Crippen MR) is 60.3 cm³/mol. The Morgan fingerprint density at radius 2 is 2.23 bits per heavy atom. The highest BCUT2D eigenvalue weighted by Gasteiger charge is 2.24. The molecule has 0 aromatic rings. The lowest BCUT2D eigenvalue weighted by atomic mass is 9.85. The fourth-order valence-electron chi connectivity index (χ4n) is 2.23. The first-order valence-electron chi connectivity index (χ1n) is 5.72. The molecular weight excluding hydrogens is 178 g/mol. The van der Waals surface area contributed by atoms with Crippen LogP contribution in [0.5, 0.6) is 0 Å². The zero-order valence-electron chi connectivity index (χ0n) is 8.67. The van der Waals surface area contributed by atoms with Gasteiger partial charge < -0.3 is 4.90 Å². The van der Waals surface area contributed by atoms with E-state index in [-0.39, 0.29) is 0 Å². The standard InChI is InChI=1S/C11H21NS/c1-2-11-9-12(6-7-13-11)8-10-4-3-5-10/h10-11H,2-9H2,1H3. The van der Waals surface area contributed by atoms with E-state index in [1.54, 1.807) is 0 Å². The number of hydrogen-bond acceptors (Lipinski definition) is 2. The van der Waals surface area contributed by atoms with E-state index < -0.39 is 0 Å². The molecule has 0 amide bonds. The van der Waals surface area contributed by atoms with Gasteiger partial charge >= 0.3 is 0 Å². The third-order valence-corrected chi connectivity index (χ3v) is 4.79. The largest absolute Gasteiger partial charge is 0.301 e. The normalized spacial score (nSPS) is 31.6. The van der Waals surface area contributed by atoms with Gasteiger partial charge in [0.25, 0.3) is 0 Å². The molecule has 2 rings (SSSR count). The highest BCUT2D eigenvalue weighted by atomic mass is 32.2. The third kappa shape index (κ3) is 2.63. The van der Waals surface area contributed by atoms with Crippen molar-refractivity contribution in [1.29, 1.82) is 0 Å². The topological polar surface area (TPSA) is 3.24 Å². The van der Waals surface area contributed by atoms with Crippen molar-refractivity contribution in [1.82, 2.24) is 4.90 Å². The van der Waals surface area contributed by atoms with Gasteiger partial charge in [0.1, 0.15) is 0 Å². The second kappa shape index (κ2) is 4.70. The van der Waals surface area contributed by atoms with Crippen LogP contribution in [-0.4, -0.2) is 35.5 Å². The first-order chi connectivity index (χ1) is 6.38. The van der Waals surface area contributed by atoms with Crippen LogP contribution in [0.25, 0.3) is 0 Å². The second-order valence-electron chi connectivity index (χ2n) is 4.46. The second-order valence-corrected chi connectivity index (χ2v) is 5.87. The summed E-state index contributed by atoms with van der Waals surface area (Å²) in [5.74, 6) is 2.42. The van der Waals surface area contributed by atoms with Crippen LogP contribution in [0.15, 0.2) is 0 Å². The molecule has 0 bridgehead atoms. The Morgan fingerprint density at radius 3 is 2.85 bits per heavy atom. The quantitative estimate of drug-likeness (QED) is 0.687. The van der Waals surface area contributed by atoms with Crippen LogP contribution in [0.1, 0.15) is 32.6 Å². The summed E-state index contributed by atoms with van der Waals surface area (Å²) in [6.45, 7) is 6.43. The van der Waals surface area contributed by atoms with Gasteiger partial charge in [-0.15, -0.1) is 0 Å². The van der Waals surface area contributed by atoms with Crippen LogP contribution in [-0.2, 0) is 0 Å². The average Bonchev–Trinajstić information content (AvgIpc) is 2.12. The summed E-state index contributed by atoms with van der Waals surface area (Å²) in [5.41, 5.74) is 0. The van der Waals surface area contributed by atoms with E-state index in [4.69, 9.17) is 0 Å². The van der Waals surface area contributed by atoms with Crippen LogP contribution in [0, 0.1) is 5.92 Å². The Hall–Kier alpha value is 0.310. The predicted octanol–water partition coefficient (Wildman–Crippen LogP) is 2.61. The van der Waals surface area contributed by atoms with E-state index in [9.17, 15) is 0 Å². The van der Waals surface area contributed by atoms with Crippen molar-refractivity contribution in [3.63, 3.8) is 0 Å². The molecule has 2 fully saturated rings. The van der Waals surface area contributed by atoms with Crippen molar-refractivity contribution in [2.45, 2.75) is 37.9 Å². The van der Waals surface area contributed by atoms with E-state index in [2.05, 4.69) is 23.6 Å². The molecule has 1 saturated heterocycles. The molecule has 1 aliphatic carbocycles. The fourth-order valence-corrected chi connectivity index (χ4v) is 3.48. The zero-order chi connectivity index (χ0) is 9.10. The van der Waals surface area contributed by atoms with Gasteiger partial charge in [-0.25, -0.2) is 0 Å². The third-order valence-electron chi connectivity index (χ3n) is 3.42. The minimum atomic E-state index is 0.925. The van der Waals surface area contributed by atoms with Gasteiger partial charge in [-0.1, -0.05) is 13.3 Å². The highest BCUT2D eigenvalue weighted by Crippen LogP contribution is 2.29. The first-order valence-corrected chi connectivity index (χ1v) is 6.77. The van der Waals surface area contributed by atoms with Crippen molar-refractivity contribution in [2.75, 3.05) is 25.4 Å². The summed E-state index contributed by atoms with van der Waals surface area (Å²) in [6.07, 6.45) is 5.84. The smallest absolute Gasteiger partial charge is 0.0172 e. The van der Waals surface area contributed by atoms with Gasteiger partial charge in [0.05, 0.1) is 0 Å².